The van der Waals surface area contributed by atoms with Crippen molar-refractivity contribution in [2.45, 2.75) is 18.6 Å². The number of hydrogen-bond donors (Lipinski definition) is 2. The van der Waals surface area contributed by atoms with Gasteiger partial charge in [0.2, 0.25) is 0 Å². The Morgan fingerprint density at radius 3 is 2.80 bits per heavy atom. The van der Waals surface area contributed by atoms with Crippen LogP contribution in [0.1, 0.15) is 17.2 Å². The van der Waals surface area contributed by atoms with E-state index in [-0.39, 0.29) is 18.1 Å². The summed E-state index contributed by atoms with van der Waals surface area (Å²) >= 11 is 0. The number of nitro groups is 1. The standard InChI is InChI=1S/C9H10N2O3.ClH/c10-9-7-4-6(11(13)14)2-1-5(7)3-8(9)12;/h1-2,4,8-9,12H,3,10H2;1H/t8-,9+;/m0./s1. The average Bonchev–Trinajstić information content (AvgIpc) is 2.43. The van der Waals surface area contributed by atoms with Crippen molar-refractivity contribution in [1.82, 2.24) is 0 Å². The minimum absolute atomic E-state index is 0. The lowest BCUT2D eigenvalue weighted by Gasteiger charge is -2.07. The number of aliphatic hydroxyl groups excluding tert-OH is 1. The molecule has 0 fully saturated rings. The fourth-order valence-corrected chi connectivity index (χ4v) is 1.75. The second-order valence-electron chi connectivity index (χ2n) is 3.44. The van der Waals surface area contributed by atoms with Gasteiger partial charge < -0.3 is 10.8 Å². The summed E-state index contributed by atoms with van der Waals surface area (Å²) in [5.41, 5.74) is 7.29. The Hall–Kier alpha value is -1.17. The summed E-state index contributed by atoms with van der Waals surface area (Å²) in [6.07, 6.45) is -0.138. The molecule has 1 aromatic rings. The van der Waals surface area contributed by atoms with Gasteiger partial charge in [0.25, 0.3) is 5.69 Å². The molecule has 1 aromatic carbocycles. The predicted molar refractivity (Wildman–Crippen MR) is 57.0 cm³/mol. The third-order valence-electron chi connectivity index (χ3n) is 2.54. The number of benzene rings is 1. The molecule has 5 nitrogen and oxygen atoms in total. The molecule has 0 spiro atoms. The number of rotatable bonds is 1. The number of nitrogens with two attached hydrogens (primary N) is 1. The van der Waals surface area contributed by atoms with E-state index < -0.39 is 17.1 Å². The fraction of sp³-hybridized carbons (Fsp3) is 0.333. The molecule has 0 saturated carbocycles. The lowest BCUT2D eigenvalue weighted by molar-refractivity contribution is -0.384. The first-order valence-electron chi connectivity index (χ1n) is 4.30. The lowest BCUT2D eigenvalue weighted by Crippen LogP contribution is -2.21. The molecule has 0 unspecified atom stereocenters. The molecule has 0 saturated heterocycles. The van der Waals surface area contributed by atoms with Crippen LogP contribution in [-0.2, 0) is 6.42 Å². The number of non-ortho nitro benzene ring substituents is 1. The van der Waals surface area contributed by atoms with Crippen molar-refractivity contribution in [2.75, 3.05) is 0 Å². The highest BCUT2D eigenvalue weighted by atomic mass is 35.5. The molecule has 1 aliphatic carbocycles. The van der Waals surface area contributed by atoms with Crippen molar-refractivity contribution in [1.29, 1.82) is 0 Å². The topological polar surface area (TPSA) is 89.4 Å². The van der Waals surface area contributed by atoms with Gasteiger partial charge in [-0.15, -0.1) is 12.4 Å². The van der Waals surface area contributed by atoms with E-state index in [1.165, 1.54) is 12.1 Å². The maximum atomic E-state index is 10.5. The highest BCUT2D eigenvalue weighted by Crippen LogP contribution is 2.32. The summed E-state index contributed by atoms with van der Waals surface area (Å²) in [4.78, 5) is 10.0. The van der Waals surface area contributed by atoms with Gasteiger partial charge in [0.05, 0.1) is 17.1 Å². The highest BCUT2D eigenvalue weighted by Gasteiger charge is 2.29. The van der Waals surface area contributed by atoms with E-state index in [1.54, 1.807) is 6.07 Å². The van der Waals surface area contributed by atoms with Gasteiger partial charge in [-0.3, -0.25) is 10.1 Å². The number of nitrogens with zero attached hydrogens (tertiary/aromatic N) is 1. The molecule has 82 valence electrons. The SMILES string of the molecule is Cl.N[C@@H]1c2cc([N+](=O)[O-])ccc2C[C@@H]1O. The molecule has 1 aliphatic rings. The molecule has 15 heavy (non-hydrogen) atoms. The molecular weight excluding hydrogens is 220 g/mol. The summed E-state index contributed by atoms with van der Waals surface area (Å²) in [6, 6.07) is 4.04. The van der Waals surface area contributed by atoms with Crippen LogP contribution in [0.15, 0.2) is 18.2 Å². The van der Waals surface area contributed by atoms with Gasteiger partial charge in [0, 0.05) is 18.6 Å². The van der Waals surface area contributed by atoms with Gasteiger partial charge in [-0.05, 0) is 11.1 Å². The maximum Gasteiger partial charge on any atom is 0.269 e. The number of halogens is 1. The van der Waals surface area contributed by atoms with Crippen LogP contribution in [-0.4, -0.2) is 16.1 Å². The molecular formula is C9H11ClN2O3. The van der Waals surface area contributed by atoms with Crippen LogP contribution < -0.4 is 5.73 Å². The van der Waals surface area contributed by atoms with E-state index in [0.29, 0.717) is 12.0 Å². The Kier molecular flexibility index (Phi) is 3.28. The molecule has 0 radical (unpaired) electrons. The third kappa shape index (κ3) is 1.94. The minimum atomic E-state index is -0.619. The normalized spacial score (nSPS) is 23.1. The van der Waals surface area contributed by atoms with Gasteiger partial charge in [0.1, 0.15) is 0 Å². The molecule has 6 heteroatoms. The van der Waals surface area contributed by atoms with Gasteiger partial charge in [-0.1, -0.05) is 6.07 Å². The number of aliphatic hydroxyl groups is 1. The van der Waals surface area contributed by atoms with Crippen molar-refractivity contribution >= 4 is 18.1 Å². The first-order chi connectivity index (χ1) is 6.59. The molecule has 0 amide bonds. The van der Waals surface area contributed by atoms with Crippen molar-refractivity contribution in [2.24, 2.45) is 5.73 Å². The molecule has 0 aliphatic heterocycles. The number of hydrogen-bond acceptors (Lipinski definition) is 4. The van der Waals surface area contributed by atoms with E-state index in [1.807, 2.05) is 0 Å². The monoisotopic (exact) mass is 230 g/mol. The van der Waals surface area contributed by atoms with Crippen LogP contribution in [0.2, 0.25) is 0 Å². The van der Waals surface area contributed by atoms with Crippen LogP contribution >= 0.6 is 12.4 Å². The summed E-state index contributed by atoms with van der Waals surface area (Å²) < 4.78 is 0. The molecule has 0 aromatic heterocycles. The number of fused-ring (bicyclic) bond motifs is 1. The van der Waals surface area contributed by atoms with Gasteiger partial charge in [-0.25, -0.2) is 0 Å². The summed E-state index contributed by atoms with van der Waals surface area (Å²) in [7, 11) is 0. The van der Waals surface area contributed by atoms with E-state index >= 15 is 0 Å². The van der Waals surface area contributed by atoms with Crippen LogP contribution in [0.5, 0.6) is 0 Å². The van der Waals surface area contributed by atoms with Crippen molar-refractivity contribution in [3.05, 3.63) is 39.4 Å². The predicted octanol–water partition coefficient (Wildman–Crippen LogP) is 0.933. The van der Waals surface area contributed by atoms with Gasteiger partial charge in [0.15, 0.2) is 0 Å². The highest BCUT2D eigenvalue weighted by molar-refractivity contribution is 5.85. The summed E-state index contributed by atoms with van der Waals surface area (Å²) in [5, 5.41) is 19.9. The Morgan fingerprint density at radius 2 is 2.20 bits per heavy atom. The van der Waals surface area contributed by atoms with E-state index in [2.05, 4.69) is 0 Å². The third-order valence-corrected chi connectivity index (χ3v) is 2.54. The van der Waals surface area contributed by atoms with Crippen LogP contribution in [0, 0.1) is 10.1 Å². The Balaban J connectivity index is 0.00000112. The van der Waals surface area contributed by atoms with Crippen molar-refractivity contribution < 1.29 is 10.0 Å². The second kappa shape index (κ2) is 4.14. The smallest absolute Gasteiger partial charge is 0.269 e. The van der Waals surface area contributed by atoms with Crippen molar-refractivity contribution in [3.63, 3.8) is 0 Å². The Labute approximate surface area is 92.5 Å². The van der Waals surface area contributed by atoms with Crippen LogP contribution in [0.4, 0.5) is 5.69 Å². The zero-order valence-electron chi connectivity index (χ0n) is 7.79. The second-order valence-corrected chi connectivity index (χ2v) is 3.44. The minimum Gasteiger partial charge on any atom is -0.391 e. The quantitative estimate of drug-likeness (QED) is 0.555. The van der Waals surface area contributed by atoms with E-state index in [4.69, 9.17) is 5.73 Å². The average molecular weight is 231 g/mol. The zero-order chi connectivity index (χ0) is 10.3. The first-order valence-corrected chi connectivity index (χ1v) is 4.30. The molecule has 0 heterocycles. The summed E-state index contributed by atoms with van der Waals surface area (Å²) in [6.45, 7) is 0. The Morgan fingerprint density at radius 1 is 1.53 bits per heavy atom. The van der Waals surface area contributed by atoms with Gasteiger partial charge >= 0.3 is 0 Å². The molecule has 2 rings (SSSR count). The molecule has 2 atom stereocenters. The number of nitro benzene ring substituents is 1. The van der Waals surface area contributed by atoms with Gasteiger partial charge in [-0.2, -0.15) is 0 Å². The fourth-order valence-electron chi connectivity index (χ4n) is 1.75. The molecule has 3 N–H and O–H groups in total. The zero-order valence-corrected chi connectivity index (χ0v) is 8.61. The lowest BCUT2D eigenvalue weighted by atomic mass is 10.1. The summed E-state index contributed by atoms with van der Waals surface area (Å²) in [5.74, 6) is 0. The van der Waals surface area contributed by atoms with Crippen molar-refractivity contribution in [3.8, 4) is 0 Å². The molecule has 0 bridgehead atoms. The largest absolute Gasteiger partial charge is 0.391 e. The van der Waals surface area contributed by atoms with E-state index in [9.17, 15) is 15.2 Å². The van der Waals surface area contributed by atoms with E-state index in [0.717, 1.165) is 5.56 Å². The van der Waals surface area contributed by atoms with Crippen LogP contribution in [0.3, 0.4) is 0 Å². The maximum absolute atomic E-state index is 10.5. The van der Waals surface area contributed by atoms with Crippen LogP contribution in [0.25, 0.3) is 0 Å². The first kappa shape index (κ1) is 11.9. The Bertz CT molecular complexity index is 397.